The van der Waals surface area contributed by atoms with Gasteiger partial charge in [-0.05, 0) is 6.07 Å². The fourth-order valence-electron chi connectivity index (χ4n) is 0.908. The first-order valence-electron chi connectivity index (χ1n) is 3.45. The van der Waals surface area contributed by atoms with Crippen LogP contribution in [0.15, 0.2) is 24.8 Å². The number of imidazole rings is 1. The number of aromatic amines is 2. The highest BCUT2D eigenvalue weighted by atomic mass is 15.0. The minimum Gasteiger partial charge on any atom is -0.350 e. The zero-order valence-electron chi connectivity index (χ0n) is 6.20. The second-order valence-electron chi connectivity index (χ2n) is 2.29. The number of rotatable bonds is 1. The maximum atomic E-state index is 7.30. The van der Waals surface area contributed by atoms with Gasteiger partial charge >= 0.3 is 0 Å². The molecule has 0 aliphatic heterocycles. The number of H-pyrrole nitrogens is 2. The third-order valence-electron chi connectivity index (χ3n) is 1.44. The van der Waals surface area contributed by atoms with Crippen LogP contribution in [0.2, 0.25) is 0 Å². The van der Waals surface area contributed by atoms with Crippen LogP contribution < -0.4 is 5.49 Å². The minimum absolute atomic E-state index is 0.322. The van der Waals surface area contributed by atoms with E-state index in [-0.39, 0.29) is 0 Å². The van der Waals surface area contributed by atoms with Gasteiger partial charge < -0.3 is 9.97 Å². The molecule has 0 amide bonds. The van der Waals surface area contributed by atoms with E-state index < -0.39 is 0 Å². The maximum absolute atomic E-state index is 7.30. The number of aromatic nitrogens is 4. The second kappa shape index (κ2) is 2.61. The third-order valence-corrected chi connectivity index (χ3v) is 1.44. The van der Waals surface area contributed by atoms with Gasteiger partial charge in [0, 0.05) is 12.4 Å². The lowest BCUT2D eigenvalue weighted by Gasteiger charge is -1.93. The largest absolute Gasteiger partial charge is 0.350 e. The van der Waals surface area contributed by atoms with Gasteiger partial charge in [-0.3, -0.25) is 5.41 Å². The predicted molar refractivity (Wildman–Crippen MR) is 42.0 cm³/mol. The molecule has 2 aromatic heterocycles. The van der Waals surface area contributed by atoms with Crippen molar-refractivity contribution >= 4 is 0 Å². The van der Waals surface area contributed by atoms with Crippen LogP contribution in [0.4, 0.5) is 0 Å². The Morgan fingerprint density at radius 2 is 2.25 bits per heavy atom. The summed E-state index contributed by atoms with van der Waals surface area (Å²) in [5, 5.41) is 7.30. The molecule has 0 bridgehead atoms. The minimum atomic E-state index is 0.322. The SMILES string of the molecule is N=c1ccnc(-c2c[nH]cn2)[nH]1. The van der Waals surface area contributed by atoms with Crippen LogP contribution in [0.25, 0.3) is 11.5 Å². The van der Waals surface area contributed by atoms with E-state index in [0.717, 1.165) is 0 Å². The van der Waals surface area contributed by atoms with E-state index >= 15 is 0 Å². The third kappa shape index (κ3) is 1.12. The first kappa shape index (κ1) is 6.78. The van der Waals surface area contributed by atoms with Crippen molar-refractivity contribution in [2.75, 3.05) is 0 Å². The topological polar surface area (TPSA) is 81.2 Å². The molecule has 0 saturated heterocycles. The summed E-state index contributed by atoms with van der Waals surface area (Å²) >= 11 is 0. The van der Waals surface area contributed by atoms with E-state index in [1.807, 2.05) is 0 Å². The van der Waals surface area contributed by atoms with E-state index in [1.54, 1.807) is 24.8 Å². The van der Waals surface area contributed by atoms with Crippen LogP contribution in [0.1, 0.15) is 0 Å². The molecule has 2 aromatic rings. The first-order valence-corrected chi connectivity index (χ1v) is 3.45. The van der Waals surface area contributed by atoms with Crippen molar-refractivity contribution in [2.45, 2.75) is 0 Å². The summed E-state index contributed by atoms with van der Waals surface area (Å²) in [5.41, 5.74) is 1.03. The fraction of sp³-hybridized carbons (Fsp3) is 0. The van der Waals surface area contributed by atoms with Crippen molar-refractivity contribution in [1.82, 2.24) is 19.9 Å². The highest BCUT2D eigenvalue weighted by Gasteiger charge is 1.98. The lowest BCUT2D eigenvalue weighted by atomic mass is 10.4. The standard InChI is InChI=1S/C7H7N5/c8-6-1-2-10-7(12-6)5-3-9-4-11-5/h1-4H,(H,9,11)(H2,8,10,12). The van der Waals surface area contributed by atoms with Crippen LogP contribution in [-0.4, -0.2) is 19.9 Å². The number of hydrogen-bond acceptors (Lipinski definition) is 3. The van der Waals surface area contributed by atoms with E-state index in [2.05, 4.69) is 19.9 Å². The Hall–Kier alpha value is -1.91. The Kier molecular flexibility index (Phi) is 1.48. The molecule has 5 nitrogen and oxygen atoms in total. The molecular formula is C7H7N5. The highest BCUT2D eigenvalue weighted by molar-refractivity contribution is 5.45. The zero-order valence-corrected chi connectivity index (χ0v) is 6.20. The molecule has 0 radical (unpaired) electrons. The quantitative estimate of drug-likeness (QED) is 0.561. The lowest BCUT2D eigenvalue weighted by Crippen LogP contribution is -2.06. The van der Waals surface area contributed by atoms with Gasteiger partial charge in [-0.1, -0.05) is 0 Å². The van der Waals surface area contributed by atoms with E-state index in [4.69, 9.17) is 5.41 Å². The van der Waals surface area contributed by atoms with Crippen molar-refractivity contribution < 1.29 is 0 Å². The van der Waals surface area contributed by atoms with Crippen LogP contribution >= 0.6 is 0 Å². The molecule has 0 saturated carbocycles. The van der Waals surface area contributed by atoms with Crippen molar-refractivity contribution in [3.05, 3.63) is 30.3 Å². The van der Waals surface area contributed by atoms with Gasteiger partial charge in [0.2, 0.25) is 0 Å². The normalized spacial score (nSPS) is 10.0. The number of nitrogens with zero attached hydrogens (tertiary/aromatic N) is 2. The molecule has 5 heteroatoms. The Balaban J connectivity index is 2.55. The molecule has 0 aliphatic rings. The summed E-state index contributed by atoms with van der Waals surface area (Å²) in [7, 11) is 0. The molecule has 2 rings (SSSR count). The molecule has 60 valence electrons. The fourth-order valence-corrected chi connectivity index (χ4v) is 0.908. The summed E-state index contributed by atoms with van der Waals surface area (Å²) in [4.78, 5) is 13.6. The molecule has 0 unspecified atom stereocenters. The van der Waals surface area contributed by atoms with Gasteiger partial charge in [-0.25, -0.2) is 9.97 Å². The van der Waals surface area contributed by atoms with Gasteiger partial charge in [0.1, 0.15) is 11.2 Å². The Morgan fingerprint density at radius 1 is 1.33 bits per heavy atom. The first-order chi connectivity index (χ1) is 5.86. The molecule has 0 atom stereocenters. The molecule has 0 fully saturated rings. The average Bonchev–Trinajstić information content (AvgIpc) is 2.56. The van der Waals surface area contributed by atoms with Crippen LogP contribution in [0.5, 0.6) is 0 Å². The summed E-state index contributed by atoms with van der Waals surface area (Å²) in [6.07, 6.45) is 4.86. The summed E-state index contributed by atoms with van der Waals surface area (Å²) in [6.45, 7) is 0. The van der Waals surface area contributed by atoms with Crippen molar-refractivity contribution in [1.29, 1.82) is 5.41 Å². The van der Waals surface area contributed by atoms with E-state index in [0.29, 0.717) is 17.0 Å². The molecular weight excluding hydrogens is 154 g/mol. The number of hydrogen-bond donors (Lipinski definition) is 3. The van der Waals surface area contributed by atoms with Crippen molar-refractivity contribution in [3.63, 3.8) is 0 Å². The summed E-state index contributed by atoms with van der Waals surface area (Å²) < 4.78 is 0. The van der Waals surface area contributed by atoms with Crippen molar-refractivity contribution in [2.24, 2.45) is 0 Å². The Morgan fingerprint density at radius 3 is 2.92 bits per heavy atom. The average molecular weight is 161 g/mol. The molecule has 3 N–H and O–H groups in total. The lowest BCUT2D eigenvalue weighted by molar-refractivity contribution is 1.04. The van der Waals surface area contributed by atoms with E-state index in [1.165, 1.54) is 0 Å². The molecule has 0 spiro atoms. The van der Waals surface area contributed by atoms with Crippen molar-refractivity contribution in [3.8, 4) is 11.5 Å². The Labute approximate surface area is 68.0 Å². The zero-order chi connectivity index (χ0) is 8.39. The van der Waals surface area contributed by atoms with Crippen LogP contribution in [0, 0.1) is 5.41 Å². The monoisotopic (exact) mass is 161 g/mol. The summed E-state index contributed by atoms with van der Waals surface area (Å²) in [5.74, 6) is 0.601. The van der Waals surface area contributed by atoms with Gasteiger partial charge in [0.15, 0.2) is 5.82 Å². The smallest absolute Gasteiger partial charge is 0.159 e. The van der Waals surface area contributed by atoms with Gasteiger partial charge in [-0.2, -0.15) is 0 Å². The van der Waals surface area contributed by atoms with Crippen LogP contribution in [0.3, 0.4) is 0 Å². The van der Waals surface area contributed by atoms with Gasteiger partial charge in [0.05, 0.1) is 6.33 Å². The molecule has 0 aliphatic carbocycles. The maximum Gasteiger partial charge on any atom is 0.159 e. The van der Waals surface area contributed by atoms with Crippen LogP contribution in [-0.2, 0) is 0 Å². The molecule has 2 heterocycles. The molecule has 0 aromatic carbocycles. The highest BCUT2D eigenvalue weighted by Crippen LogP contribution is 2.05. The Bertz CT molecular complexity index is 413. The second-order valence-corrected chi connectivity index (χ2v) is 2.29. The van der Waals surface area contributed by atoms with Gasteiger partial charge in [-0.15, -0.1) is 0 Å². The van der Waals surface area contributed by atoms with Gasteiger partial charge in [0.25, 0.3) is 0 Å². The number of nitrogens with one attached hydrogen (secondary N) is 3. The van der Waals surface area contributed by atoms with E-state index in [9.17, 15) is 0 Å². The summed E-state index contributed by atoms with van der Waals surface area (Å²) in [6, 6.07) is 1.58. The predicted octanol–water partition coefficient (Wildman–Crippen LogP) is 0.279. The molecule has 12 heavy (non-hydrogen) atoms.